The van der Waals surface area contributed by atoms with Gasteiger partial charge in [-0.3, -0.25) is 0 Å². The van der Waals surface area contributed by atoms with Crippen LogP contribution in [0.5, 0.6) is 0 Å². The van der Waals surface area contributed by atoms with E-state index >= 15 is 0 Å². The number of hydrogen-bond donors (Lipinski definition) is 1. The van der Waals surface area contributed by atoms with Crippen LogP contribution < -0.4 is 10.2 Å². The van der Waals surface area contributed by atoms with E-state index in [0.717, 1.165) is 31.1 Å². The number of rotatable bonds is 3. The van der Waals surface area contributed by atoms with E-state index in [1.165, 1.54) is 12.8 Å². The van der Waals surface area contributed by atoms with Gasteiger partial charge in [-0.2, -0.15) is 0 Å². The minimum atomic E-state index is -0.324. The topological polar surface area (TPSA) is 15.3 Å². The van der Waals surface area contributed by atoms with Crippen molar-refractivity contribution >= 4 is 17.3 Å². The van der Waals surface area contributed by atoms with Crippen molar-refractivity contribution in [3.63, 3.8) is 0 Å². The van der Waals surface area contributed by atoms with E-state index in [9.17, 15) is 4.39 Å². The predicted molar refractivity (Wildman–Crippen MR) is 77.3 cm³/mol. The fraction of sp³-hybridized carbons (Fsp3) is 0.600. The van der Waals surface area contributed by atoms with E-state index in [1.54, 1.807) is 12.1 Å². The first-order valence-corrected chi connectivity index (χ1v) is 7.52. The van der Waals surface area contributed by atoms with Gasteiger partial charge >= 0.3 is 0 Å². The first-order chi connectivity index (χ1) is 9.19. The Labute approximate surface area is 118 Å². The average molecular weight is 283 g/mol. The molecular formula is C15H20ClFN2. The van der Waals surface area contributed by atoms with E-state index in [-0.39, 0.29) is 10.8 Å². The molecule has 2 nitrogen and oxygen atoms in total. The van der Waals surface area contributed by atoms with Gasteiger partial charge in [0.2, 0.25) is 0 Å². The molecule has 0 amide bonds. The van der Waals surface area contributed by atoms with Crippen molar-refractivity contribution < 1.29 is 4.39 Å². The van der Waals surface area contributed by atoms with Crippen LogP contribution in [0.3, 0.4) is 0 Å². The van der Waals surface area contributed by atoms with Crippen LogP contribution in [-0.2, 0) is 0 Å². The second kappa shape index (κ2) is 5.29. The fourth-order valence-corrected chi connectivity index (χ4v) is 3.10. The third-order valence-electron chi connectivity index (χ3n) is 4.35. The summed E-state index contributed by atoms with van der Waals surface area (Å²) in [7, 11) is 0. The van der Waals surface area contributed by atoms with Gasteiger partial charge in [0.05, 0.1) is 5.02 Å². The van der Waals surface area contributed by atoms with E-state index in [2.05, 4.69) is 17.1 Å². The quantitative estimate of drug-likeness (QED) is 0.913. The molecule has 2 atom stereocenters. The molecule has 0 spiro atoms. The lowest BCUT2D eigenvalue weighted by Crippen LogP contribution is -2.57. The molecule has 0 radical (unpaired) electrons. The summed E-state index contributed by atoms with van der Waals surface area (Å²) in [5.41, 5.74) is 0.959. The summed E-state index contributed by atoms with van der Waals surface area (Å²) in [4.78, 5) is 2.35. The third-order valence-corrected chi connectivity index (χ3v) is 4.65. The molecule has 19 heavy (non-hydrogen) atoms. The zero-order chi connectivity index (χ0) is 13.4. The molecule has 1 heterocycles. The minimum absolute atomic E-state index is 0.200. The molecule has 4 heteroatoms. The summed E-state index contributed by atoms with van der Waals surface area (Å²) >= 11 is 5.77. The average Bonchev–Trinajstić information content (AvgIpc) is 3.26. The fourth-order valence-electron chi connectivity index (χ4n) is 2.98. The van der Waals surface area contributed by atoms with Gasteiger partial charge in [0.25, 0.3) is 0 Å². The lowest BCUT2D eigenvalue weighted by Gasteiger charge is -2.42. The zero-order valence-corrected chi connectivity index (χ0v) is 12.0. The van der Waals surface area contributed by atoms with E-state index in [0.29, 0.717) is 12.1 Å². The molecule has 1 aromatic carbocycles. The van der Waals surface area contributed by atoms with E-state index in [4.69, 9.17) is 11.6 Å². The number of halogens is 2. The predicted octanol–water partition coefficient (Wildman–Crippen LogP) is 3.45. The molecule has 2 fully saturated rings. The van der Waals surface area contributed by atoms with Gasteiger partial charge in [0, 0.05) is 30.9 Å². The van der Waals surface area contributed by atoms with Gasteiger partial charge in [-0.1, -0.05) is 18.5 Å². The van der Waals surface area contributed by atoms with Gasteiger partial charge in [-0.05, 0) is 43.4 Å². The van der Waals surface area contributed by atoms with Gasteiger partial charge in [0.15, 0.2) is 0 Å². The molecular weight excluding hydrogens is 263 g/mol. The van der Waals surface area contributed by atoms with Crippen LogP contribution in [0.15, 0.2) is 18.2 Å². The van der Waals surface area contributed by atoms with Crippen LogP contribution in [0.25, 0.3) is 0 Å². The van der Waals surface area contributed by atoms with Crippen LogP contribution in [0, 0.1) is 11.7 Å². The summed E-state index contributed by atoms with van der Waals surface area (Å²) in [6.07, 6.45) is 3.73. The highest BCUT2D eigenvalue weighted by atomic mass is 35.5. The Morgan fingerprint density at radius 2 is 2.21 bits per heavy atom. The van der Waals surface area contributed by atoms with Crippen LogP contribution in [0.2, 0.25) is 5.02 Å². The summed E-state index contributed by atoms with van der Waals surface area (Å²) < 4.78 is 13.7. The summed E-state index contributed by atoms with van der Waals surface area (Å²) in [6, 6.07) is 6.16. The van der Waals surface area contributed by atoms with Crippen molar-refractivity contribution in [1.82, 2.24) is 5.32 Å². The number of nitrogens with one attached hydrogen (secondary N) is 1. The van der Waals surface area contributed by atoms with Gasteiger partial charge in [0.1, 0.15) is 5.82 Å². The molecule has 2 aliphatic rings. The zero-order valence-electron chi connectivity index (χ0n) is 11.2. The molecule has 1 aliphatic carbocycles. The number of piperazine rings is 1. The normalized spacial score (nSPS) is 27.6. The lowest BCUT2D eigenvalue weighted by molar-refractivity contribution is 0.359. The Bertz CT molecular complexity index is 461. The highest BCUT2D eigenvalue weighted by molar-refractivity contribution is 6.30. The Morgan fingerprint density at radius 1 is 1.42 bits per heavy atom. The summed E-state index contributed by atoms with van der Waals surface area (Å²) in [5, 5.41) is 3.85. The number of benzene rings is 1. The minimum Gasteiger partial charge on any atom is -0.366 e. The maximum atomic E-state index is 13.7. The monoisotopic (exact) mass is 282 g/mol. The molecule has 2 unspecified atom stereocenters. The van der Waals surface area contributed by atoms with Crippen molar-refractivity contribution in [3.05, 3.63) is 29.0 Å². The number of nitrogens with zero attached hydrogens (tertiary/aromatic N) is 1. The Hall–Kier alpha value is -0.800. The maximum Gasteiger partial charge on any atom is 0.143 e. The van der Waals surface area contributed by atoms with Crippen LogP contribution in [0.4, 0.5) is 10.1 Å². The molecule has 0 bridgehead atoms. The van der Waals surface area contributed by atoms with Crippen LogP contribution in [0.1, 0.15) is 26.2 Å². The first-order valence-electron chi connectivity index (χ1n) is 7.14. The highest BCUT2D eigenvalue weighted by Gasteiger charge is 2.36. The van der Waals surface area contributed by atoms with Gasteiger partial charge in [-0.15, -0.1) is 0 Å². The van der Waals surface area contributed by atoms with Crippen molar-refractivity contribution in [2.45, 2.75) is 38.3 Å². The maximum absolute atomic E-state index is 13.7. The standard InChI is InChI=1S/C15H20ClFN2/c1-2-11-8-18-15(10-3-4-10)9-19(11)12-5-6-13(16)14(17)7-12/h5-7,10-11,15,18H,2-4,8-9H2,1H3. The smallest absolute Gasteiger partial charge is 0.143 e. The second-order valence-corrected chi connectivity index (χ2v) is 6.07. The Morgan fingerprint density at radius 3 is 2.84 bits per heavy atom. The molecule has 3 rings (SSSR count). The largest absolute Gasteiger partial charge is 0.366 e. The Kier molecular flexibility index (Phi) is 3.68. The summed E-state index contributed by atoms with van der Waals surface area (Å²) in [6.45, 7) is 4.15. The van der Waals surface area contributed by atoms with E-state index in [1.807, 2.05) is 6.07 Å². The van der Waals surface area contributed by atoms with Crippen LogP contribution in [-0.4, -0.2) is 25.2 Å². The lowest BCUT2D eigenvalue weighted by atomic mass is 10.0. The molecule has 1 saturated carbocycles. The molecule has 1 aliphatic heterocycles. The number of anilines is 1. The Balaban J connectivity index is 1.82. The second-order valence-electron chi connectivity index (χ2n) is 5.67. The highest BCUT2D eigenvalue weighted by Crippen LogP contribution is 2.36. The molecule has 1 saturated heterocycles. The van der Waals surface area contributed by atoms with E-state index < -0.39 is 0 Å². The van der Waals surface area contributed by atoms with Crippen molar-refractivity contribution in [3.8, 4) is 0 Å². The van der Waals surface area contributed by atoms with Gasteiger partial charge < -0.3 is 10.2 Å². The van der Waals surface area contributed by atoms with Crippen molar-refractivity contribution in [2.75, 3.05) is 18.0 Å². The SMILES string of the molecule is CCC1CNC(C2CC2)CN1c1ccc(Cl)c(F)c1. The molecule has 0 aromatic heterocycles. The van der Waals surface area contributed by atoms with Gasteiger partial charge in [-0.25, -0.2) is 4.39 Å². The molecule has 104 valence electrons. The first kappa shape index (κ1) is 13.2. The molecule has 1 aromatic rings. The van der Waals surface area contributed by atoms with Crippen LogP contribution >= 0.6 is 11.6 Å². The number of hydrogen-bond acceptors (Lipinski definition) is 2. The third kappa shape index (κ3) is 2.72. The summed E-state index contributed by atoms with van der Waals surface area (Å²) in [5.74, 6) is 0.493. The van der Waals surface area contributed by atoms with Crippen molar-refractivity contribution in [2.24, 2.45) is 5.92 Å². The molecule has 1 N–H and O–H groups in total. The van der Waals surface area contributed by atoms with Crippen molar-refractivity contribution in [1.29, 1.82) is 0 Å².